The van der Waals surface area contributed by atoms with Gasteiger partial charge in [0.05, 0.1) is 17.3 Å². The number of nitriles is 1. The second-order valence-electron chi connectivity index (χ2n) is 4.76. The highest BCUT2D eigenvalue weighted by Gasteiger charge is 2.15. The molecule has 0 bridgehead atoms. The Bertz CT molecular complexity index is 939. The van der Waals surface area contributed by atoms with Crippen LogP contribution in [0.5, 0.6) is 0 Å². The Morgan fingerprint density at radius 1 is 1.39 bits per heavy atom. The second-order valence-corrected chi connectivity index (χ2v) is 4.76. The van der Waals surface area contributed by atoms with Crippen molar-refractivity contribution in [3.63, 3.8) is 0 Å². The average molecular weight is 307 g/mol. The summed E-state index contributed by atoms with van der Waals surface area (Å²) in [4.78, 5) is 20.3. The number of benzene rings is 1. The largest absolute Gasteiger partial charge is 0.368 e. The van der Waals surface area contributed by atoms with Gasteiger partial charge in [0.1, 0.15) is 0 Å². The fourth-order valence-electron chi connectivity index (χ4n) is 2.14. The third-order valence-electron chi connectivity index (χ3n) is 3.18. The van der Waals surface area contributed by atoms with Gasteiger partial charge in [-0.15, -0.1) is 5.10 Å². The zero-order valence-corrected chi connectivity index (χ0v) is 12.3. The van der Waals surface area contributed by atoms with Gasteiger partial charge in [-0.3, -0.25) is 4.79 Å². The van der Waals surface area contributed by atoms with Crippen LogP contribution in [-0.4, -0.2) is 32.0 Å². The van der Waals surface area contributed by atoms with Gasteiger partial charge in [-0.2, -0.15) is 9.78 Å². The molecule has 3 N–H and O–H groups in total. The van der Waals surface area contributed by atoms with Crippen LogP contribution in [0.4, 0.5) is 5.95 Å². The SMILES string of the molecule is CCNC(=O)c1nc2cc(-c3cccc(C#N)c3)nc(N)n2n1. The fourth-order valence-corrected chi connectivity index (χ4v) is 2.14. The highest BCUT2D eigenvalue weighted by molar-refractivity contribution is 5.91. The molecule has 2 heterocycles. The predicted octanol–water partition coefficient (Wildman–Crippen LogP) is 0.995. The van der Waals surface area contributed by atoms with Crippen molar-refractivity contribution in [1.82, 2.24) is 24.9 Å². The number of nitrogens with two attached hydrogens (primary N) is 1. The number of rotatable bonds is 3. The lowest BCUT2D eigenvalue weighted by molar-refractivity contribution is 0.0946. The van der Waals surface area contributed by atoms with Crippen LogP contribution in [0, 0.1) is 11.3 Å². The van der Waals surface area contributed by atoms with Crippen LogP contribution in [0.3, 0.4) is 0 Å². The van der Waals surface area contributed by atoms with Crippen molar-refractivity contribution in [2.75, 3.05) is 12.3 Å². The van der Waals surface area contributed by atoms with Crippen molar-refractivity contribution < 1.29 is 4.79 Å². The van der Waals surface area contributed by atoms with E-state index in [9.17, 15) is 4.79 Å². The summed E-state index contributed by atoms with van der Waals surface area (Å²) < 4.78 is 1.31. The molecule has 0 aliphatic rings. The zero-order chi connectivity index (χ0) is 16.4. The van der Waals surface area contributed by atoms with E-state index in [4.69, 9.17) is 11.0 Å². The molecular formula is C15H13N7O. The molecular weight excluding hydrogens is 294 g/mol. The Morgan fingerprint density at radius 3 is 2.96 bits per heavy atom. The molecule has 0 radical (unpaired) electrons. The number of hydrogen-bond acceptors (Lipinski definition) is 6. The number of nitrogens with one attached hydrogen (secondary N) is 1. The van der Waals surface area contributed by atoms with E-state index in [0.29, 0.717) is 23.4 Å². The Labute approximate surface area is 131 Å². The third-order valence-corrected chi connectivity index (χ3v) is 3.18. The topological polar surface area (TPSA) is 122 Å². The van der Waals surface area contributed by atoms with Crippen molar-refractivity contribution in [3.8, 4) is 17.3 Å². The Balaban J connectivity index is 2.10. The Hall–Kier alpha value is -3.47. The predicted molar refractivity (Wildman–Crippen MR) is 83.4 cm³/mol. The van der Waals surface area contributed by atoms with Crippen LogP contribution in [0.15, 0.2) is 30.3 Å². The van der Waals surface area contributed by atoms with Crippen molar-refractivity contribution in [1.29, 1.82) is 5.26 Å². The van der Waals surface area contributed by atoms with E-state index in [1.54, 1.807) is 24.3 Å². The van der Waals surface area contributed by atoms with Crippen molar-refractivity contribution in [2.24, 2.45) is 0 Å². The van der Waals surface area contributed by atoms with E-state index in [0.717, 1.165) is 5.56 Å². The smallest absolute Gasteiger partial charge is 0.290 e. The van der Waals surface area contributed by atoms with E-state index in [-0.39, 0.29) is 17.7 Å². The maximum Gasteiger partial charge on any atom is 0.290 e. The summed E-state index contributed by atoms with van der Waals surface area (Å²) in [6, 6.07) is 10.7. The monoisotopic (exact) mass is 307 g/mol. The number of nitrogens with zero attached hydrogens (tertiary/aromatic N) is 5. The van der Waals surface area contributed by atoms with Gasteiger partial charge in [0.25, 0.3) is 5.91 Å². The average Bonchev–Trinajstić information content (AvgIpc) is 3.00. The second kappa shape index (κ2) is 5.73. The van der Waals surface area contributed by atoms with Gasteiger partial charge >= 0.3 is 0 Å². The molecule has 3 rings (SSSR count). The molecule has 0 fully saturated rings. The van der Waals surface area contributed by atoms with Crippen LogP contribution in [0.25, 0.3) is 16.9 Å². The van der Waals surface area contributed by atoms with Crippen LogP contribution in [0.2, 0.25) is 0 Å². The van der Waals surface area contributed by atoms with Crippen molar-refractivity contribution in [2.45, 2.75) is 6.92 Å². The highest BCUT2D eigenvalue weighted by atomic mass is 16.2. The van der Waals surface area contributed by atoms with Gasteiger partial charge in [-0.25, -0.2) is 9.97 Å². The normalized spacial score (nSPS) is 10.4. The molecule has 1 aromatic carbocycles. The van der Waals surface area contributed by atoms with E-state index >= 15 is 0 Å². The Kier molecular flexibility index (Phi) is 3.60. The minimum Gasteiger partial charge on any atom is -0.368 e. The summed E-state index contributed by atoms with van der Waals surface area (Å²) in [5.74, 6) is -0.227. The molecule has 0 aliphatic heterocycles. The molecule has 0 spiro atoms. The quantitative estimate of drug-likeness (QED) is 0.744. The zero-order valence-electron chi connectivity index (χ0n) is 12.3. The molecule has 0 saturated heterocycles. The first kappa shape index (κ1) is 14.5. The lowest BCUT2D eigenvalue weighted by atomic mass is 10.1. The molecule has 8 nitrogen and oxygen atoms in total. The van der Waals surface area contributed by atoms with E-state index in [1.165, 1.54) is 4.52 Å². The number of aromatic nitrogens is 4. The number of hydrogen-bond donors (Lipinski definition) is 2. The first-order chi connectivity index (χ1) is 11.1. The maximum atomic E-state index is 11.8. The molecule has 0 atom stereocenters. The highest BCUT2D eigenvalue weighted by Crippen LogP contribution is 2.21. The third kappa shape index (κ3) is 2.67. The number of fused-ring (bicyclic) bond motifs is 1. The summed E-state index contributed by atoms with van der Waals surface area (Å²) >= 11 is 0. The van der Waals surface area contributed by atoms with Gasteiger partial charge in [-0.1, -0.05) is 12.1 Å². The molecule has 3 aromatic rings. The van der Waals surface area contributed by atoms with Crippen LogP contribution in [0.1, 0.15) is 23.1 Å². The number of carbonyl (C=O) groups is 1. The number of nitrogen functional groups attached to an aromatic ring is 1. The van der Waals surface area contributed by atoms with Gasteiger partial charge < -0.3 is 11.1 Å². The standard InChI is InChI=1S/C15H13N7O/c1-2-18-14(23)13-20-12-7-11(19-15(17)22(12)21-13)10-5-3-4-9(6-10)8-16/h3-7H,2H2,1H3,(H2,17,19)(H,18,23). The summed E-state index contributed by atoms with van der Waals surface area (Å²) in [6.07, 6.45) is 0. The molecule has 1 amide bonds. The summed E-state index contributed by atoms with van der Waals surface area (Å²) in [6.45, 7) is 2.29. The molecule has 114 valence electrons. The number of carbonyl (C=O) groups excluding carboxylic acids is 1. The Morgan fingerprint density at radius 2 is 2.22 bits per heavy atom. The fraction of sp³-hybridized carbons (Fsp3) is 0.133. The molecule has 0 saturated carbocycles. The summed E-state index contributed by atoms with van der Waals surface area (Å²) in [7, 11) is 0. The minimum atomic E-state index is -0.372. The van der Waals surface area contributed by atoms with Gasteiger partial charge in [0.15, 0.2) is 5.65 Å². The molecule has 8 heteroatoms. The number of anilines is 1. The van der Waals surface area contributed by atoms with Crippen LogP contribution in [-0.2, 0) is 0 Å². The molecule has 0 aliphatic carbocycles. The summed E-state index contributed by atoms with van der Waals surface area (Å²) in [5, 5.41) is 15.7. The number of amides is 1. The van der Waals surface area contributed by atoms with Crippen molar-refractivity contribution >= 4 is 17.5 Å². The first-order valence-electron chi connectivity index (χ1n) is 6.94. The van der Waals surface area contributed by atoms with Gasteiger partial charge in [-0.05, 0) is 19.1 Å². The van der Waals surface area contributed by atoms with E-state index in [1.807, 2.05) is 13.0 Å². The van der Waals surface area contributed by atoms with Crippen LogP contribution >= 0.6 is 0 Å². The lowest BCUT2D eigenvalue weighted by Crippen LogP contribution is -2.24. The van der Waals surface area contributed by atoms with E-state index in [2.05, 4.69) is 26.5 Å². The first-order valence-corrected chi connectivity index (χ1v) is 6.94. The van der Waals surface area contributed by atoms with Gasteiger partial charge in [0, 0.05) is 18.2 Å². The lowest BCUT2D eigenvalue weighted by Gasteiger charge is -2.03. The van der Waals surface area contributed by atoms with E-state index < -0.39 is 0 Å². The van der Waals surface area contributed by atoms with Gasteiger partial charge in [0.2, 0.25) is 11.8 Å². The molecule has 2 aromatic heterocycles. The summed E-state index contributed by atoms with van der Waals surface area (Å²) in [5.41, 5.74) is 8.13. The van der Waals surface area contributed by atoms with Crippen LogP contribution < -0.4 is 11.1 Å². The minimum absolute atomic E-state index is 0.0308. The van der Waals surface area contributed by atoms with Crippen molar-refractivity contribution in [3.05, 3.63) is 41.7 Å². The maximum absolute atomic E-state index is 11.8. The molecule has 23 heavy (non-hydrogen) atoms. The molecule has 0 unspecified atom stereocenters.